The first-order valence-electron chi connectivity index (χ1n) is 11.7. The Balaban J connectivity index is 1.38. The maximum Gasteiger partial charge on any atom is 0.0523 e. The minimum Gasteiger partial charge on any atom is -0.382 e. The van der Waals surface area contributed by atoms with Crippen molar-refractivity contribution in [1.82, 2.24) is 9.47 Å². The Bertz CT molecular complexity index is 1230. The molecule has 4 aromatic rings. The Kier molecular flexibility index (Phi) is 5.28. The fourth-order valence-corrected chi connectivity index (χ4v) is 5.97. The van der Waals surface area contributed by atoms with E-state index in [9.17, 15) is 0 Å². The zero-order valence-corrected chi connectivity index (χ0v) is 19.8. The Labute approximate surface area is 198 Å². The Morgan fingerprint density at radius 3 is 2.50 bits per heavy atom. The number of aromatic nitrogens is 1. The molecule has 1 fully saturated rings. The average molecular weight is 486 g/mol. The fraction of sp³-hybridized carbons (Fsp3) is 0.286. The molecule has 0 bridgehead atoms. The van der Waals surface area contributed by atoms with Crippen molar-refractivity contribution in [2.75, 3.05) is 18.4 Å². The van der Waals surface area contributed by atoms with E-state index in [1.807, 2.05) is 0 Å². The summed E-state index contributed by atoms with van der Waals surface area (Å²) in [5.41, 5.74) is 7.08. The average Bonchev–Trinajstić information content (AvgIpc) is 3.15. The van der Waals surface area contributed by atoms with E-state index in [2.05, 4.69) is 110 Å². The van der Waals surface area contributed by atoms with Gasteiger partial charge >= 0.3 is 0 Å². The molecule has 3 nitrogen and oxygen atoms in total. The summed E-state index contributed by atoms with van der Waals surface area (Å²) in [6.07, 6.45) is 3.49. The van der Waals surface area contributed by atoms with Gasteiger partial charge in [-0.05, 0) is 60.7 Å². The van der Waals surface area contributed by atoms with Gasteiger partial charge in [-0.25, -0.2) is 0 Å². The number of nitrogens with zero attached hydrogens (tertiary/aromatic N) is 2. The summed E-state index contributed by atoms with van der Waals surface area (Å²) in [7, 11) is 0. The molecule has 0 radical (unpaired) electrons. The van der Waals surface area contributed by atoms with Crippen molar-refractivity contribution in [2.24, 2.45) is 0 Å². The molecule has 2 unspecified atom stereocenters. The van der Waals surface area contributed by atoms with Crippen LogP contribution in [0.4, 0.5) is 5.69 Å². The van der Waals surface area contributed by atoms with E-state index in [4.69, 9.17) is 0 Å². The molecule has 3 aromatic carbocycles. The molecule has 1 saturated heterocycles. The number of para-hydroxylation sites is 1. The van der Waals surface area contributed by atoms with Gasteiger partial charge in [0.1, 0.15) is 0 Å². The van der Waals surface area contributed by atoms with Crippen LogP contribution in [-0.4, -0.2) is 28.6 Å². The predicted molar refractivity (Wildman–Crippen MR) is 136 cm³/mol. The zero-order chi connectivity index (χ0) is 21.5. The van der Waals surface area contributed by atoms with Gasteiger partial charge in [0.15, 0.2) is 0 Å². The smallest absolute Gasteiger partial charge is 0.0523 e. The molecule has 2 atom stereocenters. The van der Waals surface area contributed by atoms with E-state index < -0.39 is 0 Å². The SMILES string of the molecule is Brc1ccc(NC2CCN3CCc4c(n(Cc5ccccc5)c5ccccc45)C3C2)cc1. The van der Waals surface area contributed by atoms with Gasteiger partial charge in [0.05, 0.1) is 6.04 Å². The summed E-state index contributed by atoms with van der Waals surface area (Å²) >= 11 is 3.55. The first kappa shape index (κ1) is 20.1. The maximum absolute atomic E-state index is 3.82. The summed E-state index contributed by atoms with van der Waals surface area (Å²) < 4.78 is 3.74. The summed E-state index contributed by atoms with van der Waals surface area (Å²) in [6, 6.07) is 29.5. The van der Waals surface area contributed by atoms with Crippen LogP contribution in [0.1, 0.15) is 35.7 Å². The van der Waals surface area contributed by atoms with E-state index in [-0.39, 0.29) is 0 Å². The van der Waals surface area contributed by atoms with E-state index in [0.29, 0.717) is 12.1 Å². The fourth-order valence-electron chi connectivity index (χ4n) is 5.71. The molecule has 32 heavy (non-hydrogen) atoms. The van der Waals surface area contributed by atoms with Gasteiger partial charge in [0, 0.05) is 52.4 Å². The number of benzene rings is 3. The van der Waals surface area contributed by atoms with Crippen LogP contribution >= 0.6 is 15.9 Å². The van der Waals surface area contributed by atoms with Gasteiger partial charge < -0.3 is 9.88 Å². The minimum absolute atomic E-state index is 0.469. The van der Waals surface area contributed by atoms with Crippen LogP contribution in [-0.2, 0) is 13.0 Å². The lowest BCUT2D eigenvalue weighted by Gasteiger charge is -2.43. The highest BCUT2D eigenvalue weighted by Gasteiger charge is 2.37. The van der Waals surface area contributed by atoms with Gasteiger partial charge in [0.25, 0.3) is 0 Å². The lowest BCUT2D eigenvalue weighted by molar-refractivity contribution is 0.125. The van der Waals surface area contributed by atoms with Crippen molar-refractivity contribution in [3.05, 3.63) is 100 Å². The molecule has 6 rings (SSSR count). The molecule has 0 amide bonds. The molecule has 0 aliphatic carbocycles. The van der Waals surface area contributed by atoms with Crippen molar-refractivity contribution in [3.8, 4) is 0 Å². The third-order valence-corrected chi connectivity index (χ3v) is 7.73. The zero-order valence-electron chi connectivity index (χ0n) is 18.2. The quantitative estimate of drug-likeness (QED) is 0.350. The van der Waals surface area contributed by atoms with E-state index in [1.165, 1.54) is 35.1 Å². The second-order valence-electron chi connectivity index (χ2n) is 9.13. The molecule has 1 aromatic heterocycles. The molecule has 162 valence electrons. The monoisotopic (exact) mass is 485 g/mol. The number of fused-ring (bicyclic) bond motifs is 5. The molecule has 4 heteroatoms. The van der Waals surface area contributed by atoms with Gasteiger partial charge in [-0.3, -0.25) is 4.90 Å². The lowest BCUT2D eigenvalue weighted by Crippen LogP contribution is -2.45. The third kappa shape index (κ3) is 3.66. The van der Waals surface area contributed by atoms with Crippen molar-refractivity contribution in [1.29, 1.82) is 0 Å². The second kappa shape index (κ2) is 8.42. The van der Waals surface area contributed by atoms with Crippen molar-refractivity contribution in [3.63, 3.8) is 0 Å². The molecule has 2 aliphatic rings. The highest BCUT2D eigenvalue weighted by Crippen LogP contribution is 2.42. The molecular formula is C28H28BrN3. The topological polar surface area (TPSA) is 20.2 Å². The number of hydrogen-bond donors (Lipinski definition) is 1. The first-order chi connectivity index (χ1) is 15.8. The van der Waals surface area contributed by atoms with Crippen LogP contribution in [0.3, 0.4) is 0 Å². The standard InChI is InChI=1S/C28H28BrN3/c29-21-10-12-22(13-11-21)30-23-14-16-31-17-15-25-24-8-4-5-9-26(24)32(28(25)27(31)18-23)19-20-6-2-1-3-7-20/h1-13,23,27,30H,14-19H2. The number of hydrogen-bond acceptors (Lipinski definition) is 2. The van der Waals surface area contributed by atoms with Gasteiger partial charge in [-0.1, -0.05) is 64.5 Å². The van der Waals surface area contributed by atoms with Crippen LogP contribution in [0.25, 0.3) is 10.9 Å². The lowest BCUT2D eigenvalue weighted by atomic mass is 9.88. The highest BCUT2D eigenvalue weighted by atomic mass is 79.9. The predicted octanol–water partition coefficient (Wildman–Crippen LogP) is 6.63. The second-order valence-corrected chi connectivity index (χ2v) is 10.0. The maximum atomic E-state index is 3.82. The summed E-state index contributed by atoms with van der Waals surface area (Å²) in [4.78, 5) is 2.72. The van der Waals surface area contributed by atoms with Crippen molar-refractivity contribution < 1.29 is 0 Å². The van der Waals surface area contributed by atoms with Gasteiger partial charge in [-0.15, -0.1) is 0 Å². The highest BCUT2D eigenvalue weighted by molar-refractivity contribution is 9.10. The van der Waals surface area contributed by atoms with Crippen LogP contribution in [0.5, 0.6) is 0 Å². The number of anilines is 1. The number of nitrogens with one attached hydrogen (secondary N) is 1. The van der Waals surface area contributed by atoms with Crippen LogP contribution in [0.15, 0.2) is 83.3 Å². The van der Waals surface area contributed by atoms with Gasteiger partial charge in [0.2, 0.25) is 0 Å². The van der Waals surface area contributed by atoms with Crippen molar-refractivity contribution >= 4 is 32.5 Å². The largest absolute Gasteiger partial charge is 0.382 e. The normalized spacial score (nSPS) is 20.7. The minimum atomic E-state index is 0.469. The molecule has 0 spiro atoms. The first-order valence-corrected chi connectivity index (χ1v) is 12.5. The molecule has 2 aliphatic heterocycles. The van der Waals surface area contributed by atoms with E-state index >= 15 is 0 Å². The third-order valence-electron chi connectivity index (χ3n) is 7.20. The Morgan fingerprint density at radius 2 is 1.66 bits per heavy atom. The Hall–Kier alpha value is -2.56. The summed E-state index contributed by atoms with van der Waals surface area (Å²) in [5, 5.41) is 5.26. The van der Waals surface area contributed by atoms with Crippen molar-refractivity contribution in [2.45, 2.75) is 37.9 Å². The van der Waals surface area contributed by atoms with Crippen LogP contribution in [0, 0.1) is 0 Å². The van der Waals surface area contributed by atoms with E-state index in [1.54, 1.807) is 11.3 Å². The van der Waals surface area contributed by atoms with Crippen LogP contribution < -0.4 is 5.32 Å². The number of halogens is 1. The molecule has 3 heterocycles. The summed E-state index contributed by atoms with van der Waals surface area (Å²) in [5.74, 6) is 0. The van der Waals surface area contributed by atoms with Gasteiger partial charge in [-0.2, -0.15) is 0 Å². The molecule has 0 saturated carbocycles. The Morgan fingerprint density at radius 1 is 0.875 bits per heavy atom. The molecular weight excluding hydrogens is 458 g/mol. The number of piperidine rings is 1. The van der Waals surface area contributed by atoms with Crippen LogP contribution in [0.2, 0.25) is 0 Å². The molecule has 1 N–H and O–H groups in total. The summed E-state index contributed by atoms with van der Waals surface area (Å²) in [6.45, 7) is 3.26. The van der Waals surface area contributed by atoms with E-state index in [0.717, 1.165) is 30.4 Å². The number of rotatable bonds is 4.